The number of aromatic nitrogens is 1. The molecule has 7 nitrogen and oxygen atoms in total. The van der Waals surface area contributed by atoms with Crippen molar-refractivity contribution in [2.75, 3.05) is 20.3 Å². The second kappa shape index (κ2) is 6.36. The first kappa shape index (κ1) is 15.0. The van der Waals surface area contributed by atoms with Crippen LogP contribution in [0, 0.1) is 0 Å². The molecule has 1 aromatic heterocycles. The van der Waals surface area contributed by atoms with Gasteiger partial charge in [-0.3, -0.25) is 14.2 Å². The zero-order valence-electron chi connectivity index (χ0n) is 11.8. The lowest BCUT2D eigenvalue weighted by atomic mass is 10.1. The van der Waals surface area contributed by atoms with Crippen molar-refractivity contribution in [3.8, 4) is 0 Å². The maximum absolute atomic E-state index is 11.8. The molecule has 0 saturated heterocycles. The van der Waals surface area contributed by atoms with Gasteiger partial charge in [-0.1, -0.05) is 0 Å². The van der Waals surface area contributed by atoms with Gasteiger partial charge in [0.25, 0.3) is 0 Å². The van der Waals surface area contributed by atoms with E-state index in [9.17, 15) is 14.4 Å². The number of hydrogen-bond donors (Lipinski definition) is 0. The predicted octanol–water partition coefficient (Wildman–Crippen LogP) is 0.987. The smallest absolute Gasteiger partial charge is 0.420 e. The molecule has 1 aromatic carbocycles. The summed E-state index contributed by atoms with van der Waals surface area (Å²) in [4.78, 5) is 34.7. The molecule has 112 valence electrons. The van der Waals surface area contributed by atoms with Gasteiger partial charge in [0.1, 0.15) is 13.2 Å². The van der Waals surface area contributed by atoms with Crippen molar-refractivity contribution in [2.45, 2.75) is 13.5 Å². The van der Waals surface area contributed by atoms with E-state index in [0.717, 1.165) is 4.57 Å². The number of nitrogens with zero attached hydrogens (tertiary/aromatic N) is 1. The Morgan fingerprint density at radius 2 is 2.05 bits per heavy atom. The molecule has 0 spiro atoms. The molecule has 0 fully saturated rings. The molecule has 0 radical (unpaired) electrons. The average molecular weight is 293 g/mol. The number of hydrogen-bond acceptors (Lipinski definition) is 6. The quantitative estimate of drug-likeness (QED) is 0.448. The van der Waals surface area contributed by atoms with Gasteiger partial charge in [0, 0.05) is 12.7 Å². The fourth-order valence-electron chi connectivity index (χ4n) is 1.85. The molecule has 0 unspecified atom stereocenters. The first-order chi connectivity index (χ1) is 10.0. The molecule has 0 atom stereocenters. The number of carbonyl (C=O) groups excluding carboxylic acids is 2. The van der Waals surface area contributed by atoms with Crippen LogP contribution in [0.2, 0.25) is 0 Å². The highest BCUT2D eigenvalue weighted by molar-refractivity contribution is 5.97. The van der Waals surface area contributed by atoms with Crippen LogP contribution >= 0.6 is 0 Å². The van der Waals surface area contributed by atoms with Crippen molar-refractivity contribution in [2.24, 2.45) is 0 Å². The third-order valence-corrected chi connectivity index (χ3v) is 2.91. The van der Waals surface area contributed by atoms with Crippen molar-refractivity contribution >= 4 is 22.9 Å². The van der Waals surface area contributed by atoms with Gasteiger partial charge in [0.2, 0.25) is 0 Å². The Morgan fingerprint density at radius 1 is 1.29 bits per heavy atom. The molecule has 0 amide bonds. The number of methoxy groups -OCH3 is 1. The van der Waals surface area contributed by atoms with Gasteiger partial charge in [-0.15, -0.1) is 0 Å². The number of rotatable bonds is 6. The minimum absolute atomic E-state index is 0.119. The van der Waals surface area contributed by atoms with E-state index in [1.807, 2.05) is 0 Å². The Hall–Kier alpha value is -2.41. The molecular weight excluding hydrogens is 278 g/mol. The molecule has 0 aliphatic carbocycles. The first-order valence-corrected chi connectivity index (χ1v) is 6.32. The second-order valence-corrected chi connectivity index (χ2v) is 4.41. The number of ketones is 1. The van der Waals surface area contributed by atoms with Crippen LogP contribution in [-0.2, 0) is 20.8 Å². The summed E-state index contributed by atoms with van der Waals surface area (Å²) in [6.07, 6.45) is 0. The average Bonchev–Trinajstić information content (AvgIpc) is 2.74. The Kier molecular flexibility index (Phi) is 4.54. The van der Waals surface area contributed by atoms with Gasteiger partial charge < -0.3 is 13.9 Å². The van der Waals surface area contributed by atoms with Crippen molar-refractivity contribution in [3.05, 3.63) is 34.3 Å². The summed E-state index contributed by atoms with van der Waals surface area (Å²) in [5.41, 5.74) is 1.14. The molecule has 2 aromatic rings. The summed E-state index contributed by atoms with van der Waals surface area (Å²) < 4.78 is 15.9. The van der Waals surface area contributed by atoms with Crippen LogP contribution in [0.25, 0.3) is 11.1 Å². The van der Waals surface area contributed by atoms with Crippen LogP contribution < -0.4 is 5.76 Å². The normalized spacial score (nSPS) is 10.8. The minimum Gasteiger partial charge on any atom is -0.462 e. The van der Waals surface area contributed by atoms with E-state index in [4.69, 9.17) is 13.9 Å². The number of oxazole rings is 1. The third-order valence-electron chi connectivity index (χ3n) is 2.91. The van der Waals surface area contributed by atoms with Gasteiger partial charge in [0.15, 0.2) is 11.4 Å². The van der Waals surface area contributed by atoms with Crippen LogP contribution in [0.15, 0.2) is 27.4 Å². The Balaban J connectivity index is 2.24. The monoisotopic (exact) mass is 293 g/mol. The minimum atomic E-state index is -0.672. The molecular formula is C14H15NO6. The van der Waals surface area contributed by atoms with E-state index in [1.165, 1.54) is 20.1 Å². The van der Waals surface area contributed by atoms with Crippen molar-refractivity contribution < 1.29 is 23.5 Å². The number of ether oxygens (including phenoxy) is 2. The van der Waals surface area contributed by atoms with Gasteiger partial charge >= 0.3 is 11.7 Å². The van der Waals surface area contributed by atoms with Crippen molar-refractivity contribution in [1.82, 2.24) is 4.57 Å². The summed E-state index contributed by atoms with van der Waals surface area (Å²) >= 11 is 0. The second-order valence-electron chi connectivity index (χ2n) is 4.41. The van der Waals surface area contributed by atoms with Crippen LogP contribution in [0.5, 0.6) is 0 Å². The zero-order chi connectivity index (χ0) is 15.4. The summed E-state index contributed by atoms with van der Waals surface area (Å²) in [6.45, 7) is 1.57. The highest BCUT2D eigenvalue weighted by atomic mass is 16.6. The number of Topliss-reactive ketones (excluding diaryl/α,β-unsaturated/α-hetero) is 1. The molecule has 0 aliphatic rings. The third kappa shape index (κ3) is 3.38. The maximum Gasteiger partial charge on any atom is 0.420 e. The van der Waals surface area contributed by atoms with E-state index in [1.54, 1.807) is 12.1 Å². The molecule has 0 bridgehead atoms. The molecule has 7 heteroatoms. The fourth-order valence-corrected chi connectivity index (χ4v) is 1.85. The first-order valence-electron chi connectivity index (χ1n) is 6.32. The van der Waals surface area contributed by atoms with Crippen LogP contribution in [0.1, 0.15) is 17.3 Å². The lowest BCUT2D eigenvalue weighted by Crippen LogP contribution is -2.22. The van der Waals surface area contributed by atoms with Crippen LogP contribution in [0.3, 0.4) is 0 Å². The zero-order valence-corrected chi connectivity index (χ0v) is 11.8. The van der Waals surface area contributed by atoms with E-state index in [2.05, 4.69) is 0 Å². The van der Waals surface area contributed by atoms with Gasteiger partial charge in [-0.05, 0) is 25.1 Å². The van der Waals surface area contributed by atoms with E-state index in [0.29, 0.717) is 11.1 Å². The molecule has 0 N–H and O–H groups in total. The van der Waals surface area contributed by atoms with Crippen molar-refractivity contribution in [3.63, 3.8) is 0 Å². The van der Waals surface area contributed by atoms with Gasteiger partial charge in [0.05, 0.1) is 12.1 Å². The molecule has 21 heavy (non-hydrogen) atoms. The van der Waals surface area contributed by atoms with E-state index >= 15 is 0 Å². The maximum atomic E-state index is 11.8. The molecule has 2 rings (SSSR count). The number of fused-ring (bicyclic) bond motifs is 1. The summed E-state index contributed by atoms with van der Waals surface area (Å²) in [5, 5.41) is 0. The Morgan fingerprint density at radius 3 is 2.71 bits per heavy atom. The topological polar surface area (TPSA) is 87.7 Å². The van der Waals surface area contributed by atoms with Gasteiger partial charge in [-0.25, -0.2) is 4.79 Å². The number of benzene rings is 1. The Labute approximate surface area is 120 Å². The largest absolute Gasteiger partial charge is 0.462 e. The predicted molar refractivity (Wildman–Crippen MR) is 73.3 cm³/mol. The Bertz CT molecular complexity index is 727. The van der Waals surface area contributed by atoms with Crippen LogP contribution in [-0.4, -0.2) is 36.6 Å². The highest BCUT2D eigenvalue weighted by Crippen LogP contribution is 2.15. The van der Waals surface area contributed by atoms with Crippen LogP contribution in [0.4, 0.5) is 0 Å². The lowest BCUT2D eigenvalue weighted by Gasteiger charge is -2.04. The lowest BCUT2D eigenvalue weighted by molar-refractivity contribution is -0.145. The summed E-state index contributed by atoms with van der Waals surface area (Å²) in [6, 6.07) is 4.62. The molecule has 0 aliphatic heterocycles. The van der Waals surface area contributed by atoms with E-state index < -0.39 is 11.7 Å². The SMILES string of the molecule is COCCOC(=O)Cn1c(=O)oc2cc(C(C)=O)ccc21. The molecule has 0 saturated carbocycles. The van der Waals surface area contributed by atoms with Crippen molar-refractivity contribution in [1.29, 1.82) is 0 Å². The summed E-state index contributed by atoms with van der Waals surface area (Å²) in [7, 11) is 1.49. The number of carbonyl (C=O) groups is 2. The van der Waals surface area contributed by atoms with E-state index in [-0.39, 0.29) is 31.1 Å². The fraction of sp³-hybridized carbons (Fsp3) is 0.357. The highest BCUT2D eigenvalue weighted by Gasteiger charge is 2.14. The standard InChI is InChI=1S/C14H15NO6/c1-9(16)10-3-4-11-12(7-10)21-14(18)15(11)8-13(17)20-6-5-19-2/h3-4,7H,5-6,8H2,1-2H3. The summed E-state index contributed by atoms with van der Waals surface area (Å²) in [5.74, 6) is -1.37. The van der Waals surface area contributed by atoms with Gasteiger partial charge in [-0.2, -0.15) is 0 Å². The molecule has 1 heterocycles. The number of esters is 1.